The monoisotopic (exact) mass is 746 g/mol. The number of aromatic nitrogens is 2. The number of nitrogens with one attached hydrogen (secondary N) is 1. The normalized spacial score (nSPS) is 12.3. The number of carbonyl (C=O) groups excluding carboxylic acids is 1. The van der Waals surface area contributed by atoms with Crippen molar-refractivity contribution in [2.45, 2.75) is 0 Å². The van der Waals surface area contributed by atoms with Crippen LogP contribution in [0.1, 0.15) is 43.0 Å². The van der Waals surface area contributed by atoms with Gasteiger partial charge in [-0.15, -0.1) is 0 Å². The Morgan fingerprint density at radius 1 is 0.618 bits per heavy atom. The summed E-state index contributed by atoms with van der Waals surface area (Å²) in [6.45, 7) is 0.690. The minimum atomic E-state index is -1.03. The second-order valence-corrected chi connectivity index (χ2v) is 11.8. The number of benzene rings is 4. The maximum Gasteiger partial charge on any atom is 0.339 e. The lowest BCUT2D eigenvalue weighted by atomic mass is 9.94. The van der Waals surface area contributed by atoms with Gasteiger partial charge in [-0.2, -0.15) is 0 Å². The van der Waals surface area contributed by atoms with Gasteiger partial charge in [0.1, 0.15) is 30.3 Å². The Labute approximate surface area is 312 Å². The number of nitrogen functional groups attached to an aromatic ring is 1. The predicted molar refractivity (Wildman–Crippen MR) is 199 cm³/mol. The summed E-state index contributed by atoms with van der Waals surface area (Å²) in [5, 5.41) is 11.8. The summed E-state index contributed by atoms with van der Waals surface area (Å²) >= 11 is 0. The SMILES string of the molecule is Nc1ccc(F)c(F)c1.O=C(Nc1ccc(F)c(F)c1)c1cccc2c1OCC=C2c1ccncc1.O=C(O)c1cccc2c1OCC=C2c1ccncc1. The number of para-hydroxylation sites is 2. The van der Waals surface area contributed by atoms with Gasteiger partial charge in [0, 0.05) is 53.4 Å². The van der Waals surface area contributed by atoms with Crippen molar-refractivity contribution >= 4 is 34.4 Å². The Morgan fingerprint density at radius 2 is 1.11 bits per heavy atom. The van der Waals surface area contributed by atoms with Gasteiger partial charge >= 0.3 is 5.97 Å². The molecule has 6 aromatic rings. The van der Waals surface area contributed by atoms with Gasteiger partial charge in [0.25, 0.3) is 5.91 Å². The zero-order valence-electron chi connectivity index (χ0n) is 28.7. The fourth-order valence-electron chi connectivity index (χ4n) is 5.69. The first-order valence-electron chi connectivity index (χ1n) is 16.5. The van der Waals surface area contributed by atoms with E-state index in [0.29, 0.717) is 30.3 Å². The van der Waals surface area contributed by atoms with Crippen LogP contribution in [0.4, 0.5) is 28.9 Å². The number of hydrogen-bond acceptors (Lipinski definition) is 7. The van der Waals surface area contributed by atoms with Crippen molar-refractivity contribution in [1.29, 1.82) is 0 Å². The number of amides is 1. The van der Waals surface area contributed by atoms with E-state index in [9.17, 15) is 32.3 Å². The van der Waals surface area contributed by atoms with Gasteiger partial charge in [-0.05, 0) is 101 Å². The van der Waals surface area contributed by atoms with E-state index < -0.39 is 35.1 Å². The Kier molecular flexibility index (Phi) is 11.6. The summed E-state index contributed by atoms with van der Waals surface area (Å²) in [6, 6.07) is 24.4. The predicted octanol–water partition coefficient (Wildman–Crippen LogP) is 8.59. The van der Waals surface area contributed by atoms with Crippen LogP contribution in [0.25, 0.3) is 11.1 Å². The number of pyridine rings is 2. The quantitative estimate of drug-likeness (QED) is 0.118. The van der Waals surface area contributed by atoms with Crippen molar-refractivity contribution in [1.82, 2.24) is 9.97 Å². The summed E-state index contributed by atoms with van der Waals surface area (Å²) < 4.78 is 61.9. The van der Waals surface area contributed by atoms with E-state index in [4.69, 9.17) is 15.2 Å². The lowest BCUT2D eigenvalue weighted by molar-refractivity contribution is 0.0692. The molecule has 13 heteroatoms. The van der Waals surface area contributed by atoms with E-state index in [1.54, 1.807) is 49.1 Å². The molecule has 4 aromatic carbocycles. The fraction of sp³-hybridized carbons (Fsp3) is 0.0476. The molecule has 4 N–H and O–H groups in total. The second kappa shape index (κ2) is 17.0. The topological polar surface area (TPSA) is 137 Å². The van der Waals surface area contributed by atoms with Crippen LogP contribution in [0.15, 0.2) is 134 Å². The van der Waals surface area contributed by atoms with Crippen molar-refractivity contribution in [3.63, 3.8) is 0 Å². The third kappa shape index (κ3) is 8.86. The van der Waals surface area contributed by atoms with E-state index in [2.05, 4.69) is 15.3 Å². The van der Waals surface area contributed by atoms with Crippen LogP contribution in [-0.4, -0.2) is 40.2 Å². The van der Waals surface area contributed by atoms with Crippen LogP contribution >= 0.6 is 0 Å². The molecule has 8 rings (SSSR count). The number of hydrogen-bond donors (Lipinski definition) is 3. The zero-order chi connectivity index (χ0) is 38.9. The molecule has 0 aliphatic carbocycles. The standard InChI is InChI=1S/C21H14F2N2O2.C15H11NO3.C6H5F2N/c22-18-5-4-14(12-19(18)23)25-21(26)17-3-1-2-16-15(8-11-27-20(16)17)13-6-9-24-10-7-13;17-15(18)13-3-1-2-12-11(6-9-19-14(12)13)10-4-7-16-8-5-10;7-5-2-1-4(9)3-6(5)8/h1-10,12H,11H2,(H,25,26);1-8H,9H2,(H,17,18);1-3H,9H2. The molecule has 0 radical (unpaired) electrons. The van der Waals surface area contributed by atoms with Crippen molar-refractivity contribution in [2.24, 2.45) is 0 Å². The summed E-state index contributed by atoms with van der Waals surface area (Å²) in [4.78, 5) is 31.9. The van der Waals surface area contributed by atoms with E-state index >= 15 is 0 Å². The first-order valence-corrected chi connectivity index (χ1v) is 16.5. The van der Waals surface area contributed by atoms with Gasteiger partial charge < -0.3 is 25.6 Å². The van der Waals surface area contributed by atoms with Crippen LogP contribution in [-0.2, 0) is 0 Å². The van der Waals surface area contributed by atoms with Crippen LogP contribution < -0.4 is 20.5 Å². The van der Waals surface area contributed by atoms with Gasteiger partial charge in [0.15, 0.2) is 23.3 Å². The maximum absolute atomic E-state index is 13.4. The number of halogens is 4. The summed E-state index contributed by atoms with van der Waals surface area (Å²) in [5.41, 5.74) is 11.5. The van der Waals surface area contributed by atoms with Gasteiger partial charge in [0.2, 0.25) is 0 Å². The Bertz CT molecular complexity index is 2430. The number of carbonyl (C=O) groups is 2. The highest BCUT2D eigenvalue weighted by Gasteiger charge is 2.23. The number of carboxylic acids is 1. The number of nitrogens with two attached hydrogens (primary N) is 1. The molecule has 9 nitrogen and oxygen atoms in total. The molecule has 2 aliphatic heterocycles. The van der Waals surface area contributed by atoms with Crippen LogP contribution in [0.3, 0.4) is 0 Å². The molecule has 0 saturated heterocycles. The molecule has 0 fully saturated rings. The highest BCUT2D eigenvalue weighted by atomic mass is 19.2. The zero-order valence-corrected chi connectivity index (χ0v) is 28.7. The smallest absolute Gasteiger partial charge is 0.339 e. The maximum atomic E-state index is 13.4. The van der Waals surface area contributed by atoms with Gasteiger partial charge in [-0.25, -0.2) is 22.4 Å². The van der Waals surface area contributed by atoms with Gasteiger partial charge in [-0.1, -0.05) is 24.3 Å². The number of carboxylic acid groups (broad SMARTS) is 1. The molecule has 0 spiro atoms. The third-order valence-electron chi connectivity index (χ3n) is 8.22. The van der Waals surface area contributed by atoms with E-state index in [0.717, 1.165) is 57.7 Å². The Morgan fingerprint density at radius 3 is 1.60 bits per heavy atom. The van der Waals surface area contributed by atoms with E-state index in [1.807, 2.05) is 48.6 Å². The molecule has 0 bridgehead atoms. The van der Waals surface area contributed by atoms with Crippen molar-refractivity contribution in [3.8, 4) is 11.5 Å². The van der Waals surface area contributed by atoms with Gasteiger partial charge in [-0.3, -0.25) is 14.8 Å². The molecule has 1 amide bonds. The molecule has 0 atom stereocenters. The lowest BCUT2D eigenvalue weighted by Gasteiger charge is -2.21. The molecular weight excluding hydrogens is 716 g/mol. The number of rotatable bonds is 5. The number of ether oxygens (including phenoxy) is 2. The largest absolute Gasteiger partial charge is 0.488 e. The minimum Gasteiger partial charge on any atom is -0.488 e. The Hall–Kier alpha value is -7.28. The summed E-state index contributed by atoms with van der Waals surface area (Å²) in [6.07, 6.45) is 10.7. The first kappa shape index (κ1) is 37.5. The summed E-state index contributed by atoms with van der Waals surface area (Å²) in [5.74, 6) is -4.33. The van der Waals surface area contributed by atoms with Crippen LogP contribution in [0.5, 0.6) is 11.5 Å². The average Bonchev–Trinajstić information content (AvgIpc) is 3.21. The number of nitrogens with zero attached hydrogens (tertiary/aromatic N) is 2. The van der Waals surface area contributed by atoms with Gasteiger partial charge in [0.05, 0.1) is 5.56 Å². The van der Waals surface area contributed by atoms with Crippen molar-refractivity contribution in [3.05, 3.63) is 191 Å². The average molecular weight is 747 g/mol. The molecule has 4 heterocycles. The lowest BCUT2D eigenvalue weighted by Crippen LogP contribution is -2.16. The molecule has 276 valence electrons. The molecular formula is C42H30F4N4O5. The van der Waals surface area contributed by atoms with Crippen LogP contribution in [0.2, 0.25) is 0 Å². The van der Waals surface area contributed by atoms with Crippen molar-refractivity contribution in [2.75, 3.05) is 24.3 Å². The van der Waals surface area contributed by atoms with Crippen LogP contribution in [0, 0.1) is 23.3 Å². The highest BCUT2D eigenvalue weighted by Crippen LogP contribution is 2.38. The Balaban J connectivity index is 0.000000159. The second-order valence-electron chi connectivity index (χ2n) is 11.8. The molecule has 2 aliphatic rings. The van der Waals surface area contributed by atoms with E-state index in [1.165, 1.54) is 12.1 Å². The molecule has 55 heavy (non-hydrogen) atoms. The van der Waals surface area contributed by atoms with E-state index in [-0.39, 0.29) is 16.9 Å². The van der Waals surface area contributed by atoms with Crippen molar-refractivity contribution < 1.29 is 41.7 Å². The minimum absolute atomic E-state index is 0.164. The number of anilines is 2. The third-order valence-corrected chi connectivity index (χ3v) is 8.22. The molecule has 0 unspecified atom stereocenters. The number of fused-ring (bicyclic) bond motifs is 2. The highest BCUT2D eigenvalue weighted by molar-refractivity contribution is 6.07. The number of aromatic carboxylic acids is 1. The summed E-state index contributed by atoms with van der Waals surface area (Å²) in [7, 11) is 0. The molecule has 2 aromatic heterocycles. The first-order chi connectivity index (χ1) is 26.6. The molecule has 0 saturated carbocycles. The fourth-order valence-corrected chi connectivity index (χ4v) is 5.69.